The van der Waals surface area contributed by atoms with E-state index in [1.54, 1.807) is 0 Å². The number of primary sulfonamides is 1. The van der Waals surface area contributed by atoms with Crippen LogP contribution in [0.25, 0.3) is 0 Å². The number of aliphatic hydroxyl groups excluding tert-OH is 2. The molecule has 2 unspecified atom stereocenters. The number of hydrogen-bond acceptors (Lipinski definition) is 5. The van der Waals surface area contributed by atoms with Crippen molar-refractivity contribution in [3.63, 3.8) is 0 Å². The molecular formula is C12H17FN2O5S. The SMILES string of the molecule is CC(=O)NCCC(O)C(O)c1ccc(S(N)(=O)=O)cc1F. The van der Waals surface area contributed by atoms with Crippen molar-refractivity contribution in [2.45, 2.75) is 30.4 Å². The van der Waals surface area contributed by atoms with Gasteiger partial charge in [-0.3, -0.25) is 4.79 Å². The van der Waals surface area contributed by atoms with Gasteiger partial charge in [-0.1, -0.05) is 6.07 Å². The van der Waals surface area contributed by atoms with Gasteiger partial charge in [-0.05, 0) is 18.6 Å². The maximum atomic E-state index is 13.8. The van der Waals surface area contributed by atoms with E-state index >= 15 is 0 Å². The van der Waals surface area contributed by atoms with Crippen molar-refractivity contribution in [3.05, 3.63) is 29.6 Å². The number of nitrogens with two attached hydrogens (primary N) is 1. The minimum Gasteiger partial charge on any atom is -0.390 e. The van der Waals surface area contributed by atoms with Gasteiger partial charge in [0.15, 0.2) is 0 Å². The molecule has 5 N–H and O–H groups in total. The van der Waals surface area contributed by atoms with Crippen LogP contribution in [0, 0.1) is 5.82 Å². The van der Waals surface area contributed by atoms with Crippen LogP contribution in [-0.2, 0) is 14.8 Å². The number of amides is 1. The Kier molecular flexibility index (Phi) is 5.78. The second-order valence-corrected chi connectivity index (χ2v) is 6.07. The molecule has 1 aromatic carbocycles. The average Bonchev–Trinajstić information content (AvgIpc) is 2.36. The van der Waals surface area contributed by atoms with Gasteiger partial charge in [0.05, 0.1) is 11.0 Å². The second kappa shape index (κ2) is 6.94. The molecule has 0 spiro atoms. The Morgan fingerprint density at radius 1 is 1.43 bits per heavy atom. The first-order chi connectivity index (χ1) is 9.62. The fraction of sp³-hybridized carbons (Fsp3) is 0.417. The molecule has 1 aromatic rings. The van der Waals surface area contributed by atoms with Crippen molar-refractivity contribution < 1.29 is 27.8 Å². The number of halogens is 1. The molecule has 7 nitrogen and oxygen atoms in total. The van der Waals surface area contributed by atoms with Gasteiger partial charge in [0, 0.05) is 19.0 Å². The molecule has 9 heteroatoms. The molecule has 0 radical (unpaired) electrons. The van der Waals surface area contributed by atoms with E-state index in [1.807, 2.05) is 0 Å². The number of sulfonamides is 1. The van der Waals surface area contributed by atoms with Gasteiger partial charge in [0.25, 0.3) is 0 Å². The van der Waals surface area contributed by atoms with E-state index in [-0.39, 0.29) is 24.4 Å². The van der Waals surface area contributed by atoms with E-state index in [0.717, 1.165) is 12.1 Å². The molecule has 1 rings (SSSR count). The fourth-order valence-corrected chi connectivity index (χ4v) is 2.21. The summed E-state index contributed by atoms with van der Waals surface area (Å²) in [6.07, 6.45) is -2.85. The van der Waals surface area contributed by atoms with E-state index in [1.165, 1.54) is 6.92 Å². The quantitative estimate of drug-likeness (QED) is 0.556. The van der Waals surface area contributed by atoms with Gasteiger partial charge in [-0.2, -0.15) is 0 Å². The summed E-state index contributed by atoms with van der Waals surface area (Å²) >= 11 is 0. The van der Waals surface area contributed by atoms with Crippen LogP contribution in [0.15, 0.2) is 23.1 Å². The highest BCUT2D eigenvalue weighted by Gasteiger charge is 2.22. The molecule has 0 aliphatic rings. The minimum absolute atomic E-state index is 0.0110. The number of aliphatic hydroxyl groups is 2. The Bertz CT molecular complexity index is 620. The van der Waals surface area contributed by atoms with Crippen molar-refractivity contribution in [2.24, 2.45) is 5.14 Å². The summed E-state index contributed by atoms with van der Waals surface area (Å²) in [5.41, 5.74) is -0.252. The van der Waals surface area contributed by atoms with Crippen molar-refractivity contribution in [3.8, 4) is 0 Å². The molecule has 0 aromatic heterocycles. The summed E-state index contributed by atoms with van der Waals surface area (Å²) in [6, 6.07) is 2.76. The maximum absolute atomic E-state index is 13.8. The average molecular weight is 320 g/mol. The van der Waals surface area contributed by atoms with Gasteiger partial charge >= 0.3 is 0 Å². The van der Waals surface area contributed by atoms with E-state index in [4.69, 9.17) is 5.14 Å². The lowest BCUT2D eigenvalue weighted by molar-refractivity contribution is -0.119. The highest BCUT2D eigenvalue weighted by Crippen LogP contribution is 2.23. The summed E-state index contributed by atoms with van der Waals surface area (Å²) in [4.78, 5) is 10.2. The van der Waals surface area contributed by atoms with E-state index in [2.05, 4.69) is 5.32 Å². The van der Waals surface area contributed by atoms with Crippen molar-refractivity contribution in [1.29, 1.82) is 0 Å². The van der Waals surface area contributed by atoms with Crippen LogP contribution in [-0.4, -0.2) is 37.2 Å². The van der Waals surface area contributed by atoms with Crippen LogP contribution < -0.4 is 10.5 Å². The predicted molar refractivity (Wildman–Crippen MR) is 72.0 cm³/mol. The first-order valence-electron chi connectivity index (χ1n) is 6.05. The zero-order valence-corrected chi connectivity index (χ0v) is 12.1. The van der Waals surface area contributed by atoms with Crippen molar-refractivity contribution >= 4 is 15.9 Å². The molecule has 0 heterocycles. The van der Waals surface area contributed by atoms with Gasteiger partial charge in [-0.15, -0.1) is 0 Å². The lowest BCUT2D eigenvalue weighted by Gasteiger charge is -2.19. The number of carbonyl (C=O) groups is 1. The third-order valence-electron chi connectivity index (χ3n) is 2.80. The largest absolute Gasteiger partial charge is 0.390 e. The molecule has 118 valence electrons. The number of hydrogen-bond donors (Lipinski definition) is 4. The van der Waals surface area contributed by atoms with Crippen molar-refractivity contribution in [2.75, 3.05) is 6.54 Å². The topological polar surface area (TPSA) is 130 Å². The number of benzene rings is 1. The Hall–Kier alpha value is -1.55. The zero-order chi connectivity index (χ0) is 16.2. The minimum atomic E-state index is -4.04. The van der Waals surface area contributed by atoms with Crippen LogP contribution in [0.3, 0.4) is 0 Å². The number of rotatable bonds is 6. The lowest BCUT2D eigenvalue weighted by atomic mass is 10.0. The Morgan fingerprint density at radius 2 is 2.05 bits per heavy atom. The third kappa shape index (κ3) is 5.05. The Labute approximate surface area is 121 Å². The predicted octanol–water partition coefficient (Wildman–Crippen LogP) is -0.606. The van der Waals surface area contributed by atoms with Crippen LogP contribution in [0.2, 0.25) is 0 Å². The molecule has 2 atom stereocenters. The van der Waals surface area contributed by atoms with Crippen molar-refractivity contribution in [1.82, 2.24) is 5.32 Å². The van der Waals surface area contributed by atoms with Gasteiger partial charge in [0.2, 0.25) is 15.9 Å². The summed E-state index contributed by atoms with van der Waals surface area (Å²) in [7, 11) is -4.04. The van der Waals surface area contributed by atoms with Crippen LogP contribution >= 0.6 is 0 Å². The molecule has 0 aliphatic carbocycles. The van der Waals surface area contributed by atoms with Crippen LogP contribution in [0.4, 0.5) is 4.39 Å². The van der Waals surface area contributed by atoms with Crippen LogP contribution in [0.1, 0.15) is 25.0 Å². The smallest absolute Gasteiger partial charge is 0.238 e. The highest BCUT2D eigenvalue weighted by atomic mass is 32.2. The second-order valence-electron chi connectivity index (χ2n) is 4.51. The van der Waals surface area contributed by atoms with Gasteiger partial charge in [0.1, 0.15) is 11.9 Å². The molecule has 0 aliphatic heterocycles. The van der Waals surface area contributed by atoms with E-state index in [9.17, 15) is 27.8 Å². The summed E-state index contributed by atoms with van der Waals surface area (Å²) in [5, 5.41) is 26.9. The maximum Gasteiger partial charge on any atom is 0.238 e. The summed E-state index contributed by atoms with van der Waals surface area (Å²) < 4.78 is 35.9. The molecular weight excluding hydrogens is 303 g/mol. The monoisotopic (exact) mass is 320 g/mol. The fourth-order valence-electron chi connectivity index (χ4n) is 1.69. The molecule has 21 heavy (non-hydrogen) atoms. The summed E-state index contributed by atoms with van der Waals surface area (Å²) in [5.74, 6) is -1.28. The Balaban J connectivity index is 2.83. The highest BCUT2D eigenvalue weighted by molar-refractivity contribution is 7.89. The van der Waals surface area contributed by atoms with E-state index in [0.29, 0.717) is 6.07 Å². The van der Waals surface area contributed by atoms with E-state index < -0.39 is 32.9 Å². The first-order valence-corrected chi connectivity index (χ1v) is 7.60. The Morgan fingerprint density at radius 3 is 2.52 bits per heavy atom. The lowest BCUT2D eigenvalue weighted by Crippen LogP contribution is -2.28. The normalized spacial score (nSPS) is 14.5. The molecule has 0 bridgehead atoms. The molecule has 0 saturated carbocycles. The number of carbonyl (C=O) groups excluding carboxylic acids is 1. The molecule has 0 saturated heterocycles. The van der Waals surface area contributed by atoms with Gasteiger partial charge in [-0.25, -0.2) is 17.9 Å². The molecule has 1 amide bonds. The zero-order valence-electron chi connectivity index (χ0n) is 11.3. The van der Waals surface area contributed by atoms with Gasteiger partial charge < -0.3 is 15.5 Å². The first kappa shape index (κ1) is 17.5. The standard InChI is InChI=1S/C12H17FN2O5S/c1-7(16)15-5-4-11(17)12(18)9-3-2-8(6-10(9)13)21(14,19)20/h2-3,6,11-12,17-18H,4-5H2,1H3,(H,15,16)(H2,14,19,20). The number of nitrogens with one attached hydrogen (secondary N) is 1. The third-order valence-corrected chi connectivity index (χ3v) is 3.71. The summed E-state index contributed by atoms with van der Waals surface area (Å²) in [6.45, 7) is 1.42. The van der Waals surface area contributed by atoms with Crippen LogP contribution in [0.5, 0.6) is 0 Å². The molecule has 0 fully saturated rings.